The van der Waals surface area contributed by atoms with Gasteiger partial charge in [-0.25, -0.2) is 0 Å². The van der Waals surface area contributed by atoms with Crippen LogP contribution in [0.4, 0.5) is 0 Å². The minimum Gasteiger partial charge on any atom is -0.357 e. The van der Waals surface area contributed by atoms with Crippen molar-refractivity contribution in [1.82, 2.24) is 20.8 Å². The molecule has 1 heterocycles. The van der Waals surface area contributed by atoms with Crippen molar-refractivity contribution in [3.8, 4) is 0 Å². The molecule has 0 aliphatic carbocycles. The molecule has 6 nitrogen and oxygen atoms in total. The van der Waals surface area contributed by atoms with E-state index in [4.69, 9.17) is 4.52 Å². The molecule has 0 saturated heterocycles. The Labute approximate surface area is 163 Å². The van der Waals surface area contributed by atoms with E-state index in [0.29, 0.717) is 17.8 Å². The Bertz CT molecular complexity index is 462. The number of aromatic nitrogens is 2. The SMILES string of the molecule is CCNC(=NCCCc1nc(C)no1)NC(C)CCCC(C)C.I. The van der Waals surface area contributed by atoms with Crippen LogP contribution >= 0.6 is 24.0 Å². The van der Waals surface area contributed by atoms with Crippen molar-refractivity contribution in [2.45, 2.75) is 72.8 Å². The molecule has 7 heteroatoms. The predicted octanol–water partition coefficient (Wildman–Crippen LogP) is 3.70. The van der Waals surface area contributed by atoms with Gasteiger partial charge in [0.05, 0.1) is 0 Å². The summed E-state index contributed by atoms with van der Waals surface area (Å²) < 4.78 is 5.11. The topological polar surface area (TPSA) is 75.3 Å². The van der Waals surface area contributed by atoms with Gasteiger partial charge >= 0.3 is 0 Å². The molecule has 2 N–H and O–H groups in total. The van der Waals surface area contributed by atoms with Gasteiger partial charge in [0.15, 0.2) is 11.8 Å². The highest BCUT2D eigenvalue weighted by Gasteiger charge is 2.06. The first-order valence-corrected chi connectivity index (χ1v) is 8.85. The summed E-state index contributed by atoms with van der Waals surface area (Å²) >= 11 is 0. The van der Waals surface area contributed by atoms with Gasteiger partial charge in [-0.2, -0.15) is 4.98 Å². The zero-order valence-electron chi connectivity index (χ0n) is 15.8. The van der Waals surface area contributed by atoms with E-state index in [1.807, 2.05) is 6.92 Å². The van der Waals surface area contributed by atoms with Crippen LogP contribution in [0.1, 0.15) is 65.1 Å². The lowest BCUT2D eigenvalue weighted by atomic mass is 10.0. The summed E-state index contributed by atoms with van der Waals surface area (Å²) in [7, 11) is 0. The van der Waals surface area contributed by atoms with Gasteiger partial charge in [-0.1, -0.05) is 31.8 Å². The Morgan fingerprint density at radius 3 is 2.54 bits per heavy atom. The molecule has 1 atom stereocenters. The molecular formula is C17H34IN5O. The van der Waals surface area contributed by atoms with Crippen LogP contribution in [-0.2, 0) is 6.42 Å². The van der Waals surface area contributed by atoms with E-state index in [-0.39, 0.29) is 24.0 Å². The molecule has 1 rings (SSSR count). The van der Waals surface area contributed by atoms with E-state index in [9.17, 15) is 0 Å². The summed E-state index contributed by atoms with van der Waals surface area (Å²) in [6.07, 6.45) is 5.38. The molecule has 0 fully saturated rings. The van der Waals surface area contributed by atoms with Gasteiger partial charge in [0.25, 0.3) is 0 Å². The number of hydrogen-bond acceptors (Lipinski definition) is 4. The Hall–Kier alpha value is -0.860. The Kier molecular flexibility index (Phi) is 13.0. The molecule has 0 saturated carbocycles. The first-order valence-electron chi connectivity index (χ1n) is 8.85. The van der Waals surface area contributed by atoms with E-state index >= 15 is 0 Å². The molecule has 0 bridgehead atoms. The van der Waals surface area contributed by atoms with Gasteiger partial charge < -0.3 is 15.2 Å². The summed E-state index contributed by atoms with van der Waals surface area (Å²) in [6, 6.07) is 0.435. The summed E-state index contributed by atoms with van der Waals surface area (Å²) in [5.74, 6) is 3.05. The van der Waals surface area contributed by atoms with Gasteiger partial charge in [-0.05, 0) is 39.5 Å². The lowest BCUT2D eigenvalue weighted by Crippen LogP contribution is -2.42. The number of aryl methyl sites for hydroxylation is 2. The monoisotopic (exact) mass is 451 g/mol. The molecule has 0 spiro atoms. The fourth-order valence-corrected chi connectivity index (χ4v) is 2.32. The standard InChI is InChI=1S/C17H33N5O.HI/c1-6-18-17(20-14(4)10-7-9-13(2)3)19-12-8-11-16-21-15(5)22-23-16;/h13-14H,6-12H2,1-5H3,(H2,18,19,20);1H. The largest absolute Gasteiger partial charge is 0.357 e. The van der Waals surface area contributed by atoms with E-state index < -0.39 is 0 Å². The molecule has 24 heavy (non-hydrogen) atoms. The van der Waals surface area contributed by atoms with Gasteiger partial charge in [-0.3, -0.25) is 4.99 Å². The van der Waals surface area contributed by atoms with E-state index in [1.165, 1.54) is 19.3 Å². The first-order chi connectivity index (χ1) is 11.0. The molecular weight excluding hydrogens is 417 g/mol. The van der Waals surface area contributed by atoms with Gasteiger partial charge in [-0.15, -0.1) is 24.0 Å². The van der Waals surface area contributed by atoms with Crippen molar-refractivity contribution in [3.05, 3.63) is 11.7 Å². The van der Waals surface area contributed by atoms with E-state index in [2.05, 4.69) is 53.5 Å². The Morgan fingerprint density at radius 2 is 1.96 bits per heavy atom. The maximum Gasteiger partial charge on any atom is 0.226 e. The molecule has 1 aromatic heterocycles. The predicted molar refractivity (Wildman–Crippen MR) is 110 cm³/mol. The van der Waals surface area contributed by atoms with E-state index in [1.54, 1.807) is 0 Å². The van der Waals surface area contributed by atoms with Crippen LogP contribution in [0, 0.1) is 12.8 Å². The quantitative estimate of drug-likeness (QED) is 0.246. The molecule has 140 valence electrons. The van der Waals surface area contributed by atoms with Crippen LogP contribution in [0.3, 0.4) is 0 Å². The summed E-state index contributed by atoms with van der Waals surface area (Å²) in [4.78, 5) is 8.83. The Morgan fingerprint density at radius 1 is 1.21 bits per heavy atom. The lowest BCUT2D eigenvalue weighted by Gasteiger charge is -2.18. The molecule has 0 aliphatic rings. The van der Waals surface area contributed by atoms with Crippen LogP contribution in [-0.4, -0.2) is 35.2 Å². The third kappa shape index (κ3) is 10.8. The molecule has 1 unspecified atom stereocenters. The van der Waals surface area contributed by atoms with Gasteiger partial charge in [0.1, 0.15) is 0 Å². The molecule has 0 aromatic carbocycles. The summed E-state index contributed by atoms with van der Waals surface area (Å²) in [6.45, 7) is 12.3. The number of guanidine groups is 1. The number of rotatable bonds is 10. The minimum atomic E-state index is 0. The Balaban J connectivity index is 0.00000529. The number of nitrogens with zero attached hydrogens (tertiary/aromatic N) is 3. The number of nitrogens with one attached hydrogen (secondary N) is 2. The number of aliphatic imine (C=N–C) groups is 1. The van der Waals surface area contributed by atoms with E-state index in [0.717, 1.165) is 37.8 Å². The average Bonchev–Trinajstić information content (AvgIpc) is 2.89. The van der Waals surface area contributed by atoms with Crippen molar-refractivity contribution >= 4 is 29.9 Å². The van der Waals surface area contributed by atoms with Crippen molar-refractivity contribution in [3.63, 3.8) is 0 Å². The molecule has 0 radical (unpaired) electrons. The van der Waals surface area contributed by atoms with Gasteiger partial charge in [0, 0.05) is 25.6 Å². The van der Waals surface area contributed by atoms with Crippen molar-refractivity contribution in [2.24, 2.45) is 10.9 Å². The lowest BCUT2D eigenvalue weighted by molar-refractivity contribution is 0.372. The van der Waals surface area contributed by atoms with Crippen molar-refractivity contribution in [1.29, 1.82) is 0 Å². The normalized spacial score (nSPS) is 12.8. The zero-order chi connectivity index (χ0) is 17.1. The highest BCUT2D eigenvalue weighted by molar-refractivity contribution is 14.0. The maximum atomic E-state index is 5.11. The molecule has 0 amide bonds. The fourth-order valence-electron chi connectivity index (χ4n) is 2.32. The van der Waals surface area contributed by atoms with Crippen LogP contribution in [0.2, 0.25) is 0 Å². The van der Waals surface area contributed by atoms with Gasteiger partial charge in [0.2, 0.25) is 5.89 Å². The van der Waals surface area contributed by atoms with Crippen molar-refractivity contribution in [2.75, 3.05) is 13.1 Å². The highest BCUT2D eigenvalue weighted by atomic mass is 127. The third-order valence-electron chi connectivity index (χ3n) is 3.53. The van der Waals surface area contributed by atoms with Crippen molar-refractivity contribution < 1.29 is 4.52 Å². The highest BCUT2D eigenvalue weighted by Crippen LogP contribution is 2.08. The maximum absolute atomic E-state index is 5.11. The number of halogens is 1. The molecule has 1 aromatic rings. The second kappa shape index (κ2) is 13.4. The smallest absolute Gasteiger partial charge is 0.226 e. The average molecular weight is 451 g/mol. The fraction of sp³-hybridized carbons (Fsp3) is 0.824. The summed E-state index contributed by atoms with van der Waals surface area (Å²) in [5.41, 5.74) is 0. The minimum absolute atomic E-state index is 0. The molecule has 0 aliphatic heterocycles. The van der Waals surface area contributed by atoms with Crippen LogP contribution in [0.5, 0.6) is 0 Å². The van der Waals surface area contributed by atoms with Crippen LogP contribution in [0.25, 0.3) is 0 Å². The number of hydrogen-bond donors (Lipinski definition) is 2. The first kappa shape index (κ1) is 23.1. The van der Waals surface area contributed by atoms with Crippen LogP contribution < -0.4 is 10.6 Å². The summed E-state index contributed by atoms with van der Waals surface area (Å²) in [5, 5.41) is 10.6. The third-order valence-corrected chi connectivity index (χ3v) is 3.53. The second-order valence-corrected chi connectivity index (χ2v) is 6.47. The van der Waals surface area contributed by atoms with Crippen LogP contribution in [0.15, 0.2) is 9.52 Å². The second-order valence-electron chi connectivity index (χ2n) is 6.47. The zero-order valence-corrected chi connectivity index (χ0v) is 18.1.